The van der Waals surface area contributed by atoms with Crippen LogP contribution >= 0.6 is 0 Å². The van der Waals surface area contributed by atoms with E-state index in [1.165, 1.54) is 0 Å². The third kappa shape index (κ3) is 3.74. The monoisotopic (exact) mass is 313 g/mol. The molecule has 0 spiro atoms. The molecule has 0 radical (unpaired) electrons. The molecule has 1 aliphatic carbocycles. The van der Waals surface area contributed by atoms with Gasteiger partial charge >= 0.3 is 5.97 Å². The number of para-hydroxylation sites is 1. The van der Waals surface area contributed by atoms with E-state index in [1.807, 2.05) is 38.1 Å². The maximum Gasteiger partial charge on any atom is 0.309 e. The van der Waals surface area contributed by atoms with E-state index in [0.717, 1.165) is 17.7 Å². The first-order valence-electron chi connectivity index (χ1n) is 7.52. The quantitative estimate of drug-likeness (QED) is 0.816. The fourth-order valence-electron chi connectivity index (χ4n) is 2.29. The Labute approximate surface area is 134 Å². The normalized spacial score (nSPS) is 19.2. The Bertz CT molecular complexity index is 734. The highest BCUT2D eigenvalue weighted by Gasteiger charge is 2.40. The maximum atomic E-state index is 11.8. The van der Waals surface area contributed by atoms with Gasteiger partial charge in [0, 0.05) is 5.69 Å². The van der Waals surface area contributed by atoms with Crippen LogP contribution in [0.1, 0.15) is 24.7 Å². The van der Waals surface area contributed by atoms with E-state index in [4.69, 9.17) is 10.5 Å². The van der Waals surface area contributed by atoms with Gasteiger partial charge in [-0.05, 0) is 30.9 Å². The fourth-order valence-corrected chi connectivity index (χ4v) is 2.29. The summed E-state index contributed by atoms with van der Waals surface area (Å²) in [4.78, 5) is 24.1. The van der Waals surface area contributed by atoms with Gasteiger partial charge in [-0.1, -0.05) is 25.1 Å². The van der Waals surface area contributed by atoms with Gasteiger partial charge in [-0.2, -0.15) is 15.0 Å². The molecule has 1 aromatic carbocycles. The van der Waals surface area contributed by atoms with Gasteiger partial charge in [0.15, 0.2) is 12.4 Å². The van der Waals surface area contributed by atoms with Crippen molar-refractivity contribution in [1.82, 2.24) is 15.0 Å². The second kappa shape index (κ2) is 6.20. The Hall–Kier alpha value is -2.70. The van der Waals surface area contributed by atoms with Crippen molar-refractivity contribution in [1.29, 1.82) is 0 Å². The topological polar surface area (TPSA) is 103 Å². The van der Waals surface area contributed by atoms with Crippen molar-refractivity contribution in [2.75, 3.05) is 11.1 Å². The molecule has 1 heterocycles. The van der Waals surface area contributed by atoms with Crippen LogP contribution in [0, 0.1) is 18.8 Å². The number of hydrogen-bond donors (Lipinski definition) is 2. The number of nitrogens with zero attached hydrogens (tertiary/aromatic N) is 3. The van der Waals surface area contributed by atoms with Crippen LogP contribution < -0.4 is 11.1 Å². The molecule has 0 amide bonds. The molecule has 2 atom stereocenters. The molecule has 1 saturated carbocycles. The van der Waals surface area contributed by atoms with Gasteiger partial charge in [-0.15, -0.1) is 0 Å². The largest absolute Gasteiger partial charge is 0.457 e. The van der Waals surface area contributed by atoms with Crippen molar-refractivity contribution in [2.24, 2.45) is 11.8 Å². The third-order valence-electron chi connectivity index (χ3n) is 3.85. The van der Waals surface area contributed by atoms with Gasteiger partial charge in [0.1, 0.15) is 0 Å². The van der Waals surface area contributed by atoms with Crippen LogP contribution in [-0.4, -0.2) is 20.9 Å². The van der Waals surface area contributed by atoms with Gasteiger partial charge in [0.05, 0.1) is 5.92 Å². The van der Waals surface area contributed by atoms with Gasteiger partial charge in [0.25, 0.3) is 0 Å². The predicted octanol–water partition coefficient (Wildman–Crippen LogP) is 2.21. The van der Waals surface area contributed by atoms with Crippen LogP contribution in [0.3, 0.4) is 0 Å². The Balaban J connectivity index is 1.69. The second-order valence-corrected chi connectivity index (χ2v) is 5.80. The number of rotatable bonds is 5. The summed E-state index contributed by atoms with van der Waals surface area (Å²) in [5.41, 5.74) is 7.65. The van der Waals surface area contributed by atoms with Crippen LogP contribution in [0.2, 0.25) is 0 Å². The highest BCUT2D eigenvalue weighted by atomic mass is 16.5. The minimum absolute atomic E-state index is 0.00275. The van der Waals surface area contributed by atoms with Crippen molar-refractivity contribution >= 4 is 23.6 Å². The zero-order valence-corrected chi connectivity index (χ0v) is 13.1. The summed E-state index contributed by atoms with van der Waals surface area (Å²) in [5.74, 6) is 0.961. The molecule has 2 aromatic rings. The molecule has 120 valence electrons. The van der Waals surface area contributed by atoms with Crippen LogP contribution in [0.25, 0.3) is 0 Å². The first-order chi connectivity index (χ1) is 11.0. The SMILES string of the molecule is Cc1ccccc1Nc1nc(N)nc(COC(=O)[C@@H]2C[C@@H]2C)n1. The fraction of sp³-hybridized carbons (Fsp3) is 0.375. The first-order valence-corrected chi connectivity index (χ1v) is 7.52. The van der Waals surface area contributed by atoms with Gasteiger partial charge < -0.3 is 15.8 Å². The number of nitrogens with one attached hydrogen (secondary N) is 1. The van der Waals surface area contributed by atoms with Crippen molar-refractivity contribution in [3.05, 3.63) is 35.7 Å². The summed E-state index contributed by atoms with van der Waals surface area (Å²) >= 11 is 0. The highest BCUT2D eigenvalue weighted by Crippen LogP contribution is 2.38. The Morgan fingerprint density at radius 2 is 2.09 bits per heavy atom. The lowest BCUT2D eigenvalue weighted by Crippen LogP contribution is -2.12. The molecule has 0 saturated heterocycles. The summed E-state index contributed by atoms with van der Waals surface area (Å²) in [7, 11) is 0. The maximum absolute atomic E-state index is 11.8. The molecule has 3 N–H and O–H groups in total. The number of aromatic nitrogens is 3. The Kier molecular flexibility index (Phi) is 4.10. The highest BCUT2D eigenvalue weighted by molar-refractivity contribution is 5.75. The number of carbonyl (C=O) groups excluding carboxylic acids is 1. The van der Waals surface area contributed by atoms with E-state index in [-0.39, 0.29) is 24.4 Å². The number of aryl methyl sites for hydroxylation is 1. The summed E-state index contributed by atoms with van der Waals surface area (Å²) in [5, 5.41) is 3.10. The average molecular weight is 313 g/mol. The summed E-state index contributed by atoms with van der Waals surface area (Å²) in [6.45, 7) is 4.00. The number of hydrogen-bond acceptors (Lipinski definition) is 7. The number of anilines is 3. The van der Waals surface area contributed by atoms with Gasteiger partial charge in [-0.25, -0.2) is 0 Å². The van der Waals surface area contributed by atoms with E-state index in [9.17, 15) is 4.79 Å². The number of nitrogen functional groups attached to an aromatic ring is 1. The minimum atomic E-state index is -0.204. The Morgan fingerprint density at radius 3 is 2.78 bits per heavy atom. The zero-order chi connectivity index (χ0) is 16.4. The summed E-state index contributed by atoms with van der Waals surface area (Å²) < 4.78 is 5.23. The van der Waals surface area contributed by atoms with Gasteiger partial charge in [-0.3, -0.25) is 4.79 Å². The standard InChI is InChI=1S/C16H19N5O2/c1-9-5-3-4-6-12(9)18-16-20-13(19-15(17)21-16)8-23-14(22)11-7-10(11)2/h3-6,10-11H,7-8H2,1-2H3,(H3,17,18,19,20,21)/t10-,11+/m0/s1. The predicted molar refractivity (Wildman–Crippen MR) is 85.8 cm³/mol. The molecule has 0 bridgehead atoms. The molecule has 0 aliphatic heterocycles. The van der Waals surface area contributed by atoms with Crippen LogP contribution in [0.5, 0.6) is 0 Å². The number of carbonyl (C=O) groups is 1. The molecular formula is C16H19N5O2. The van der Waals surface area contributed by atoms with Gasteiger partial charge in [0.2, 0.25) is 11.9 Å². The van der Waals surface area contributed by atoms with E-state index in [0.29, 0.717) is 17.7 Å². The van der Waals surface area contributed by atoms with E-state index >= 15 is 0 Å². The van der Waals surface area contributed by atoms with Crippen LogP contribution in [0.15, 0.2) is 24.3 Å². The molecule has 23 heavy (non-hydrogen) atoms. The average Bonchev–Trinajstić information content (AvgIpc) is 3.24. The van der Waals surface area contributed by atoms with E-state index in [2.05, 4.69) is 20.3 Å². The number of nitrogens with two attached hydrogens (primary N) is 1. The van der Waals surface area contributed by atoms with Crippen molar-refractivity contribution in [3.8, 4) is 0 Å². The number of benzene rings is 1. The van der Waals surface area contributed by atoms with Crippen molar-refractivity contribution in [3.63, 3.8) is 0 Å². The minimum Gasteiger partial charge on any atom is -0.457 e. The zero-order valence-electron chi connectivity index (χ0n) is 13.1. The lowest BCUT2D eigenvalue weighted by Gasteiger charge is -2.09. The molecule has 3 rings (SSSR count). The van der Waals surface area contributed by atoms with E-state index < -0.39 is 0 Å². The molecule has 0 unspecified atom stereocenters. The Morgan fingerprint density at radius 1 is 1.35 bits per heavy atom. The molecule has 1 fully saturated rings. The smallest absolute Gasteiger partial charge is 0.309 e. The lowest BCUT2D eigenvalue weighted by atomic mass is 10.2. The third-order valence-corrected chi connectivity index (χ3v) is 3.85. The molecule has 1 aromatic heterocycles. The van der Waals surface area contributed by atoms with Crippen molar-refractivity contribution in [2.45, 2.75) is 26.9 Å². The van der Waals surface area contributed by atoms with Crippen LogP contribution in [-0.2, 0) is 16.1 Å². The van der Waals surface area contributed by atoms with Crippen molar-refractivity contribution < 1.29 is 9.53 Å². The summed E-state index contributed by atoms with van der Waals surface area (Å²) in [6, 6.07) is 7.77. The lowest BCUT2D eigenvalue weighted by molar-refractivity contribution is -0.147. The molecular weight excluding hydrogens is 294 g/mol. The molecule has 7 heteroatoms. The van der Waals surface area contributed by atoms with Crippen LogP contribution in [0.4, 0.5) is 17.6 Å². The number of esters is 1. The molecule has 1 aliphatic rings. The summed E-state index contributed by atoms with van der Waals surface area (Å²) in [6.07, 6.45) is 0.887. The molecule has 7 nitrogen and oxygen atoms in total. The van der Waals surface area contributed by atoms with E-state index in [1.54, 1.807) is 0 Å². The first kappa shape index (κ1) is 15.2. The number of ether oxygens (including phenoxy) is 1. The second-order valence-electron chi connectivity index (χ2n) is 5.80.